The molecule has 0 heterocycles. The van der Waals surface area contributed by atoms with E-state index >= 15 is 0 Å². The van der Waals surface area contributed by atoms with Gasteiger partial charge in [-0.1, -0.05) is 25.1 Å². The van der Waals surface area contributed by atoms with Crippen LogP contribution in [0.2, 0.25) is 0 Å². The zero-order chi connectivity index (χ0) is 24.9. The largest absolute Gasteiger partial charge is 0.489 e. The molecule has 0 radical (unpaired) electrons. The lowest BCUT2D eigenvalue weighted by atomic mass is 10.1. The van der Waals surface area contributed by atoms with Gasteiger partial charge in [0.15, 0.2) is 11.6 Å². The summed E-state index contributed by atoms with van der Waals surface area (Å²) in [6.07, 6.45) is 0.545. The molecule has 0 N–H and O–H groups in total. The molecule has 34 heavy (non-hydrogen) atoms. The number of carbonyl (C=O) groups is 1. The number of benzene rings is 3. The molecular formula is C25H25F2NO5S. The van der Waals surface area contributed by atoms with E-state index in [0.717, 1.165) is 6.07 Å². The lowest BCUT2D eigenvalue weighted by molar-refractivity contribution is 0.0599. The maximum atomic E-state index is 13.8. The normalized spacial score (nSPS) is 11.2. The van der Waals surface area contributed by atoms with Gasteiger partial charge in [0.05, 0.1) is 23.3 Å². The highest BCUT2D eigenvalue weighted by Crippen LogP contribution is 2.28. The fraction of sp³-hybridized carbons (Fsp3) is 0.240. The quantitative estimate of drug-likeness (QED) is 0.391. The van der Waals surface area contributed by atoms with Crippen molar-refractivity contribution in [3.05, 3.63) is 89.0 Å². The van der Waals surface area contributed by atoms with Gasteiger partial charge in [-0.05, 0) is 61.4 Å². The molecule has 180 valence electrons. The molecule has 0 amide bonds. The second kappa shape index (κ2) is 10.6. The van der Waals surface area contributed by atoms with E-state index in [1.165, 1.54) is 35.7 Å². The van der Waals surface area contributed by atoms with E-state index in [1.807, 2.05) is 6.92 Å². The van der Waals surface area contributed by atoms with Crippen molar-refractivity contribution in [3.8, 4) is 5.75 Å². The van der Waals surface area contributed by atoms with Crippen LogP contribution in [0.5, 0.6) is 5.75 Å². The van der Waals surface area contributed by atoms with E-state index in [9.17, 15) is 22.0 Å². The summed E-state index contributed by atoms with van der Waals surface area (Å²) in [5.41, 5.74) is 1.34. The first-order chi connectivity index (χ1) is 16.2. The van der Waals surface area contributed by atoms with Crippen LogP contribution in [-0.4, -0.2) is 28.0 Å². The Bertz CT molecular complexity index is 1280. The van der Waals surface area contributed by atoms with Crippen molar-refractivity contribution in [3.63, 3.8) is 0 Å². The number of anilines is 1. The van der Waals surface area contributed by atoms with Crippen LogP contribution in [0.15, 0.2) is 65.6 Å². The number of methoxy groups -OCH3 is 1. The third kappa shape index (κ3) is 5.20. The van der Waals surface area contributed by atoms with E-state index in [-0.39, 0.29) is 29.2 Å². The zero-order valence-corrected chi connectivity index (χ0v) is 19.9. The number of sulfonamides is 1. The Hall–Kier alpha value is -3.46. The van der Waals surface area contributed by atoms with Gasteiger partial charge in [-0.2, -0.15) is 0 Å². The summed E-state index contributed by atoms with van der Waals surface area (Å²) < 4.78 is 65.4. The van der Waals surface area contributed by atoms with Crippen molar-refractivity contribution in [1.82, 2.24) is 0 Å². The molecule has 6 nitrogen and oxygen atoms in total. The second-order valence-electron chi connectivity index (χ2n) is 7.33. The Kier molecular flexibility index (Phi) is 7.88. The van der Waals surface area contributed by atoms with Crippen LogP contribution >= 0.6 is 0 Å². The maximum absolute atomic E-state index is 13.8. The van der Waals surface area contributed by atoms with Crippen molar-refractivity contribution >= 4 is 21.7 Å². The monoisotopic (exact) mass is 489 g/mol. The molecular weight excluding hydrogens is 464 g/mol. The molecule has 0 atom stereocenters. The average Bonchev–Trinajstić information content (AvgIpc) is 2.85. The van der Waals surface area contributed by atoms with Crippen LogP contribution in [0.1, 0.15) is 35.3 Å². The number of rotatable bonds is 9. The molecule has 0 aliphatic rings. The van der Waals surface area contributed by atoms with Gasteiger partial charge in [0, 0.05) is 12.1 Å². The first kappa shape index (κ1) is 25.2. The molecule has 0 aromatic heterocycles. The lowest BCUT2D eigenvalue weighted by Gasteiger charge is -2.23. The van der Waals surface area contributed by atoms with Gasteiger partial charge in [-0.15, -0.1) is 0 Å². The van der Waals surface area contributed by atoms with Crippen LogP contribution in [0.4, 0.5) is 14.5 Å². The van der Waals surface area contributed by atoms with Crippen molar-refractivity contribution in [2.75, 3.05) is 18.0 Å². The number of esters is 1. The molecule has 9 heteroatoms. The third-order valence-electron chi connectivity index (χ3n) is 5.29. The number of aryl methyl sites for hydroxylation is 1. The van der Waals surface area contributed by atoms with Crippen LogP contribution in [0.25, 0.3) is 0 Å². The first-order valence-electron chi connectivity index (χ1n) is 10.6. The van der Waals surface area contributed by atoms with Gasteiger partial charge < -0.3 is 9.47 Å². The zero-order valence-electron chi connectivity index (χ0n) is 19.0. The summed E-state index contributed by atoms with van der Waals surface area (Å²) in [5.74, 6) is -2.17. The minimum Gasteiger partial charge on any atom is -0.489 e. The smallest absolute Gasteiger partial charge is 0.338 e. The van der Waals surface area contributed by atoms with Gasteiger partial charge in [0.2, 0.25) is 0 Å². The van der Waals surface area contributed by atoms with Gasteiger partial charge in [-0.3, -0.25) is 4.31 Å². The van der Waals surface area contributed by atoms with Crippen LogP contribution in [0.3, 0.4) is 0 Å². The number of carbonyl (C=O) groups excluding carboxylic acids is 1. The Morgan fingerprint density at radius 3 is 2.29 bits per heavy atom. The highest BCUT2D eigenvalue weighted by molar-refractivity contribution is 7.92. The number of nitrogens with zero attached hydrogens (tertiary/aromatic N) is 1. The predicted molar refractivity (Wildman–Crippen MR) is 124 cm³/mol. The fourth-order valence-corrected chi connectivity index (χ4v) is 4.97. The molecule has 0 bridgehead atoms. The number of ether oxygens (including phenoxy) is 2. The Morgan fingerprint density at radius 1 is 0.971 bits per heavy atom. The molecule has 0 fully saturated rings. The molecule has 0 spiro atoms. The summed E-state index contributed by atoms with van der Waals surface area (Å²) in [6.45, 7) is 3.51. The average molecular weight is 490 g/mol. The summed E-state index contributed by atoms with van der Waals surface area (Å²) in [6, 6.07) is 14.4. The highest BCUT2D eigenvalue weighted by atomic mass is 32.2. The minimum absolute atomic E-state index is 0.0335. The molecule has 0 unspecified atom stereocenters. The van der Waals surface area contributed by atoms with E-state index in [1.54, 1.807) is 37.3 Å². The Balaban J connectivity index is 1.84. The second-order valence-corrected chi connectivity index (χ2v) is 9.19. The molecule has 0 saturated carbocycles. The van der Waals surface area contributed by atoms with Crippen molar-refractivity contribution in [2.45, 2.75) is 31.8 Å². The topological polar surface area (TPSA) is 72.9 Å². The van der Waals surface area contributed by atoms with Crippen LogP contribution < -0.4 is 9.04 Å². The Morgan fingerprint density at radius 2 is 1.68 bits per heavy atom. The van der Waals surface area contributed by atoms with Gasteiger partial charge in [0.25, 0.3) is 10.0 Å². The molecule has 3 rings (SSSR count). The number of halogens is 2. The van der Waals surface area contributed by atoms with Crippen molar-refractivity contribution in [1.29, 1.82) is 0 Å². The number of hydrogen-bond acceptors (Lipinski definition) is 5. The third-order valence-corrected chi connectivity index (χ3v) is 7.19. The lowest BCUT2D eigenvalue weighted by Crippen LogP contribution is -2.31. The summed E-state index contributed by atoms with van der Waals surface area (Å²) >= 11 is 0. The highest BCUT2D eigenvalue weighted by Gasteiger charge is 2.26. The van der Waals surface area contributed by atoms with Gasteiger partial charge in [-0.25, -0.2) is 22.0 Å². The fourth-order valence-electron chi connectivity index (χ4n) is 3.47. The molecule has 0 saturated heterocycles. The summed E-state index contributed by atoms with van der Waals surface area (Å²) in [7, 11) is -2.73. The van der Waals surface area contributed by atoms with Crippen molar-refractivity contribution < 1.29 is 31.5 Å². The minimum atomic E-state index is -3.98. The van der Waals surface area contributed by atoms with E-state index in [0.29, 0.717) is 23.4 Å². The Labute approximate surface area is 197 Å². The predicted octanol–water partition coefficient (Wildman–Crippen LogP) is 5.11. The summed E-state index contributed by atoms with van der Waals surface area (Å²) in [4.78, 5) is 12.1. The molecule has 3 aromatic carbocycles. The van der Waals surface area contributed by atoms with E-state index in [2.05, 4.69) is 0 Å². The first-order valence-corrected chi connectivity index (χ1v) is 12.1. The van der Waals surface area contributed by atoms with Gasteiger partial charge >= 0.3 is 5.97 Å². The van der Waals surface area contributed by atoms with E-state index in [4.69, 9.17) is 9.47 Å². The summed E-state index contributed by atoms with van der Waals surface area (Å²) in [5, 5.41) is 0. The molecule has 0 aliphatic heterocycles. The van der Waals surface area contributed by atoms with Crippen LogP contribution in [-0.2, 0) is 27.8 Å². The van der Waals surface area contributed by atoms with E-state index < -0.39 is 27.6 Å². The SMILES string of the molecule is CCc1ccc(S(=O)(=O)N(CC)c2ccc(OCc3cccc(F)c3F)cc2)cc1C(=O)OC. The van der Waals surface area contributed by atoms with Crippen LogP contribution in [0, 0.1) is 11.6 Å². The standard InChI is InChI=1S/C25H25F2NO5S/c1-4-17-9-14-21(15-22(17)25(29)32-3)34(30,31)28(5-2)19-10-12-20(13-11-19)33-16-18-7-6-8-23(26)24(18)27/h6-15H,4-5,16H2,1-3H3. The van der Waals surface area contributed by atoms with Crippen molar-refractivity contribution in [2.24, 2.45) is 0 Å². The number of hydrogen-bond donors (Lipinski definition) is 0. The molecule has 0 aliphatic carbocycles. The maximum Gasteiger partial charge on any atom is 0.338 e. The molecule has 3 aromatic rings. The van der Waals surface area contributed by atoms with Gasteiger partial charge in [0.1, 0.15) is 12.4 Å².